The maximum absolute atomic E-state index is 13.0. The van der Waals surface area contributed by atoms with Gasteiger partial charge in [0.05, 0.1) is 39.4 Å². The highest BCUT2D eigenvalue weighted by Gasteiger charge is 2.49. The molecule has 1 aromatic rings. The van der Waals surface area contributed by atoms with E-state index in [0.29, 0.717) is 6.61 Å². The summed E-state index contributed by atoms with van der Waals surface area (Å²) in [7, 11) is -3.04. The van der Waals surface area contributed by atoms with Crippen molar-refractivity contribution < 1.29 is 51.5 Å². The van der Waals surface area contributed by atoms with Crippen molar-refractivity contribution in [1.29, 1.82) is 0 Å². The van der Waals surface area contributed by atoms with Gasteiger partial charge in [0.1, 0.15) is 0 Å². The van der Waals surface area contributed by atoms with Crippen LogP contribution >= 0.6 is 19.6 Å². The molecule has 0 bridgehead atoms. The molecule has 13 nitrogen and oxygen atoms in total. The van der Waals surface area contributed by atoms with Gasteiger partial charge in [0.2, 0.25) is 12.7 Å². The van der Waals surface area contributed by atoms with Crippen LogP contribution in [0.5, 0.6) is 0 Å². The van der Waals surface area contributed by atoms with E-state index in [0.717, 1.165) is 17.3 Å². The third kappa shape index (κ3) is 12.4. The van der Waals surface area contributed by atoms with Crippen LogP contribution in [0.3, 0.4) is 0 Å². The van der Waals surface area contributed by atoms with Gasteiger partial charge < -0.3 is 24.8 Å². The van der Waals surface area contributed by atoms with E-state index in [1.54, 1.807) is 34.6 Å². The van der Waals surface area contributed by atoms with Crippen LogP contribution in [0.4, 0.5) is 4.79 Å². The molecule has 1 fully saturated rings. The van der Waals surface area contributed by atoms with E-state index >= 15 is 0 Å². The molecule has 0 aromatic heterocycles. The zero-order chi connectivity index (χ0) is 31.4. The van der Waals surface area contributed by atoms with Crippen molar-refractivity contribution in [2.75, 3.05) is 39.4 Å². The van der Waals surface area contributed by atoms with Crippen LogP contribution in [0.25, 0.3) is 0 Å². The highest BCUT2D eigenvalue weighted by Crippen LogP contribution is 2.57. The number of benzene rings is 1. The zero-order valence-electron chi connectivity index (χ0n) is 24.8. The van der Waals surface area contributed by atoms with E-state index in [-0.39, 0.29) is 37.0 Å². The topological polar surface area (TPSA) is 165 Å². The van der Waals surface area contributed by atoms with Crippen molar-refractivity contribution in [3.63, 3.8) is 0 Å². The molecule has 2 N–H and O–H groups in total. The van der Waals surface area contributed by atoms with Gasteiger partial charge in [0.15, 0.2) is 11.2 Å². The van der Waals surface area contributed by atoms with Crippen molar-refractivity contribution in [2.45, 2.75) is 59.8 Å². The summed E-state index contributed by atoms with van der Waals surface area (Å²) in [5.41, 5.74) is -0.493. The Morgan fingerprint density at radius 2 is 1.86 bits per heavy atom. The Balaban J connectivity index is 1.89. The maximum atomic E-state index is 13.0. The van der Waals surface area contributed by atoms with E-state index in [1.165, 1.54) is 7.11 Å². The summed E-state index contributed by atoms with van der Waals surface area (Å²) < 4.78 is 44.1. The van der Waals surface area contributed by atoms with Crippen LogP contribution in [0.15, 0.2) is 30.3 Å². The number of carbonyl (C=O) groups excluding carboxylic acids is 4. The fourth-order valence-corrected chi connectivity index (χ4v) is 5.82. The molecule has 2 rings (SSSR count). The number of thioether (sulfide) groups is 1. The standard InChI is InChI=1S/C27H41N2O11PS/c1-26(2,3)24(32)42-16-20(15-36-14-19-10-8-7-9-11-19)29-25(33)37-18-39-41(34)38-17-27(4,5)22(40-41)23(31)28-13-12-21(30)35-6/h7-11,20,22H,12-18H2,1-6H3,(H,28,31)(H,29,33)/t20-,22+,41?/m1/s1. The SMILES string of the molecule is COC(=O)CCNC(=O)[C@@H]1OP(=O)(OCOC(=O)N[C@H](COCc2ccccc2)CSC(=O)C(C)(C)C)OCC1(C)C. The number of hydrogen-bond acceptors (Lipinski definition) is 12. The quantitative estimate of drug-likeness (QED) is 0.173. The largest absolute Gasteiger partial charge is 0.478 e. The second kappa shape index (κ2) is 16.4. The second-order valence-electron chi connectivity index (χ2n) is 11.2. The molecule has 0 radical (unpaired) electrons. The molecule has 1 aliphatic heterocycles. The first-order valence-electron chi connectivity index (χ1n) is 13.3. The molecule has 1 unspecified atom stereocenters. The van der Waals surface area contributed by atoms with Gasteiger partial charge in [-0.3, -0.25) is 23.4 Å². The average Bonchev–Trinajstić information content (AvgIpc) is 2.92. The number of amides is 2. The molecule has 1 aliphatic rings. The van der Waals surface area contributed by atoms with Crippen molar-refractivity contribution in [1.82, 2.24) is 10.6 Å². The predicted octanol–water partition coefficient (Wildman–Crippen LogP) is 3.81. The van der Waals surface area contributed by atoms with E-state index in [9.17, 15) is 23.7 Å². The molecule has 15 heteroatoms. The van der Waals surface area contributed by atoms with Crippen LogP contribution in [0.1, 0.15) is 46.6 Å². The number of phosphoric ester groups is 1. The van der Waals surface area contributed by atoms with Crippen molar-refractivity contribution in [3.8, 4) is 0 Å². The van der Waals surface area contributed by atoms with Gasteiger partial charge in [0.25, 0.3) is 0 Å². The maximum Gasteiger partial charge on any atom is 0.478 e. The number of ether oxygens (including phenoxy) is 3. The van der Waals surface area contributed by atoms with Crippen molar-refractivity contribution in [2.24, 2.45) is 10.8 Å². The fraction of sp³-hybridized carbons (Fsp3) is 0.630. The number of alkyl carbamates (subject to hydrolysis) is 1. The number of carbonyl (C=O) groups is 4. The third-order valence-corrected chi connectivity index (χ3v) is 8.59. The minimum Gasteiger partial charge on any atom is -0.469 e. The monoisotopic (exact) mass is 632 g/mol. The van der Waals surface area contributed by atoms with E-state index in [1.807, 2.05) is 30.3 Å². The van der Waals surface area contributed by atoms with Crippen LogP contribution < -0.4 is 10.6 Å². The van der Waals surface area contributed by atoms with Gasteiger partial charge in [-0.25, -0.2) is 13.9 Å². The molecule has 3 atom stereocenters. The number of esters is 1. The Morgan fingerprint density at radius 3 is 2.50 bits per heavy atom. The molecule has 236 valence electrons. The Morgan fingerprint density at radius 1 is 1.17 bits per heavy atom. The van der Waals surface area contributed by atoms with E-state index < -0.39 is 55.6 Å². The van der Waals surface area contributed by atoms with E-state index in [2.05, 4.69) is 15.4 Å². The average molecular weight is 633 g/mol. The molecule has 0 saturated carbocycles. The lowest BCUT2D eigenvalue weighted by Gasteiger charge is -2.39. The van der Waals surface area contributed by atoms with Gasteiger partial charge >= 0.3 is 19.9 Å². The van der Waals surface area contributed by atoms with Crippen molar-refractivity contribution >= 4 is 42.7 Å². The Hall–Kier alpha value is -2.48. The van der Waals surface area contributed by atoms with E-state index in [4.69, 9.17) is 23.0 Å². The lowest BCUT2D eigenvalue weighted by atomic mass is 9.87. The highest BCUT2D eigenvalue weighted by molar-refractivity contribution is 8.13. The summed E-state index contributed by atoms with van der Waals surface area (Å²) in [5.74, 6) is -0.889. The molecule has 0 spiro atoms. The molecule has 42 heavy (non-hydrogen) atoms. The molecule has 0 aliphatic carbocycles. The number of rotatable bonds is 14. The van der Waals surface area contributed by atoms with Gasteiger partial charge in [0, 0.05) is 23.1 Å². The van der Waals surface area contributed by atoms with Crippen LogP contribution in [-0.4, -0.2) is 74.6 Å². The second-order valence-corrected chi connectivity index (χ2v) is 13.8. The van der Waals surface area contributed by atoms with Crippen LogP contribution in [-0.2, 0) is 53.3 Å². The third-order valence-electron chi connectivity index (χ3n) is 5.81. The van der Waals surface area contributed by atoms with Gasteiger partial charge in [-0.05, 0) is 5.56 Å². The normalized spacial score (nSPS) is 20.7. The Bertz CT molecular complexity index is 1110. The van der Waals surface area contributed by atoms with Gasteiger partial charge in [-0.15, -0.1) is 0 Å². The lowest BCUT2D eigenvalue weighted by Crippen LogP contribution is -2.50. The number of phosphoric acid groups is 1. The number of nitrogens with one attached hydrogen (secondary N) is 2. The summed E-state index contributed by atoms with van der Waals surface area (Å²) in [4.78, 5) is 48.9. The Labute approximate surface area is 250 Å². The summed E-state index contributed by atoms with van der Waals surface area (Å²) in [5, 5.41) is 5.11. The molecule has 1 aromatic carbocycles. The zero-order valence-corrected chi connectivity index (χ0v) is 26.5. The first-order chi connectivity index (χ1) is 19.6. The molecular formula is C27H41N2O11PS. The van der Waals surface area contributed by atoms with Crippen molar-refractivity contribution in [3.05, 3.63) is 35.9 Å². The van der Waals surface area contributed by atoms with Crippen LogP contribution in [0.2, 0.25) is 0 Å². The van der Waals surface area contributed by atoms with Crippen LogP contribution in [0, 0.1) is 10.8 Å². The molecule has 1 saturated heterocycles. The number of methoxy groups -OCH3 is 1. The predicted molar refractivity (Wildman–Crippen MR) is 154 cm³/mol. The lowest BCUT2D eigenvalue weighted by molar-refractivity contribution is -0.144. The van der Waals surface area contributed by atoms with Gasteiger partial charge in [-0.2, -0.15) is 0 Å². The first kappa shape index (κ1) is 35.7. The minimum atomic E-state index is -4.28. The summed E-state index contributed by atoms with van der Waals surface area (Å²) in [6.07, 6.45) is -2.19. The molecule has 2 amide bonds. The molecular weight excluding hydrogens is 591 g/mol. The minimum absolute atomic E-state index is 0.00733. The first-order valence-corrected chi connectivity index (χ1v) is 15.7. The smallest absolute Gasteiger partial charge is 0.469 e. The summed E-state index contributed by atoms with van der Waals surface area (Å²) >= 11 is 1.07. The number of hydrogen-bond donors (Lipinski definition) is 2. The fourth-order valence-electron chi connectivity index (χ4n) is 3.35. The summed E-state index contributed by atoms with van der Waals surface area (Å²) in [6, 6.07) is 8.88. The Kier molecular flexibility index (Phi) is 13.9. The molecule has 1 heterocycles. The summed E-state index contributed by atoms with van der Waals surface area (Å²) in [6.45, 7) is 8.21. The highest BCUT2D eigenvalue weighted by atomic mass is 32.2. The van der Waals surface area contributed by atoms with Gasteiger partial charge in [-0.1, -0.05) is 76.7 Å².